The van der Waals surface area contributed by atoms with Gasteiger partial charge in [-0.1, -0.05) is 0 Å². The molecule has 2 atom stereocenters. The van der Waals surface area contributed by atoms with Crippen LogP contribution in [0.2, 0.25) is 0 Å². The number of hydrogen-bond acceptors (Lipinski definition) is 6. The molecule has 0 radical (unpaired) electrons. The number of piperazine rings is 1. The summed E-state index contributed by atoms with van der Waals surface area (Å²) < 4.78 is 5.48. The van der Waals surface area contributed by atoms with Crippen LogP contribution in [0.1, 0.15) is 6.42 Å². The zero-order valence-corrected chi connectivity index (χ0v) is 13.8. The monoisotopic (exact) mass is 312 g/mol. The Balaban J connectivity index is 1.51. The molecule has 3 saturated heterocycles. The highest BCUT2D eigenvalue weighted by Gasteiger charge is 2.33. The maximum atomic E-state index is 9.08. The Morgan fingerprint density at radius 3 is 2.50 bits per heavy atom. The van der Waals surface area contributed by atoms with Gasteiger partial charge < -0.3 is 15.2 Å². The molecule has 22 heavy (non-hydrogen) atoms. The predicted octanol–water partition coefficient (Wildman–Crippen LogP) is -1.09. The summed E-state index contributed by atoms with van der Waals surface area (Å²) >= 11 is 0. The van der Waals surface area contributed by atoms with Crippen LogP contribution in [0.5, 0.6) is 0 Å². The van der Waals surface area contributed by atoms with Crippen LogP contribution in [0.4, 0.5) is 0 Å². The summed E-state index contributed by atoms with van der Waals surface area (Å²) in [5.74, 6) is 0.781. The maximum absolute atomic E-state index is 9.08. The molecule has 2 unspecified atom stereocenters. The Morgan fingerprint density at radius 2 is 1.77 bits per heavy atom. The summed E-state index contributed by atoms with van der Waals surface area (Å²) in [6.07, 6.45) is 1.29. The summed E-state index contributed by atoms with van der Waals surface area (Å²) in [6.45, 7) is 13.1. The van der Waals surface area contributed by atoms with E-state index in [1.807, 2.05) is 0 Å². The first-order valence-electron chi connectivity index (χ1n) is 8.95. The minimum atomic E-state index is 0.282. The van der Waals surface area contributed by atoms with Crippen LogP contribution in [-0.4, -0.2) is 111 Å². The lowest BCUT2D eigenvalue weighted by Gasteiger charge is -2.45. The second-order valence-corrected chi connectivity index (χ2v) is 6.83. The molecule has 0 aliphatic carbocycles. The van der Waals surface area contributed by atoms with Crippen molar-refractivity contribution in [3.63, 3.8) is 0 Å². The van der Waals surface area contributed by atoms with E-state index in [2.05, 4.69) is 20.0 Å². The molecule has 0 aromatic rings. The number of aliphatic hydroxyl groups excluding tert-OH is 1. The third-order valence-corrected chi connectivity index (χ3v) is 5.48. The number of piperidine rings is 1. The van der Waals surface area contributed by atoms with Gasteiger partial charge in [-0.15, -0.1) is 0 Å². The van der Waals surface area contributed by atoms with Crippen molar-refractivity contribution in [3.8, 4) is 0 Å². The normalized spacial score (nSPS) is 33.1. The van der Waals surface area contributed by atoms with Gasteiger partial charge in [-0.05, 0) is 18.9 Å². The van der Waals surface area contributed by atoms with Crippen molar-refractivity contribution < 1.29 is 9.84 Å². The first-order valence-corrected chi connectivity index (χ1v) is 8.95. The largest absolute Gasteiger partial charge is 0.395 e. The highest BCUT2D eigenvalue weighted by atomic mass is 16.5. The zero-order chi connectivity index (χ0) is 15.2. The minimum Gasteiger partial charge on any atom is -0.395 e. The summed E-state index contributed by atoms with van der Waals surface area (Å²) in [4.78, 5) is 7.66. The third kappa shape index (κ3) is 4.40. The number of nitrogens with zero attached hydrogens (tertiary/aromatic N) is 3. The van der Waals surface area contributed by atoms with Crippen molar-refractivity contribution >= 4 is 0 Å². The number of ether oxygens (including phenoxy) is 1. The van der Waals surface area contributed by atoms with Crippen molar-refractivity contribution in [2.24, 2.45) is 5.92 Å². The van der Waals surface area contributed by atoms with Crippen molar-refractivity contribution in [2.75, 3.05) is 85.3 Å². The molecule has 3 rings (SSSR count). The quantitative estimate of drug-likeness (QED) is 0.673. The van der Waals surface area contributed by atoms with Gasteiger partial charge in [0.05, 0.1) is 19.8 Å². The first-order chi connectivity index (χ1) is 10.9. The van der Waals surface area contributed by atoms with Crippen LogP contribution in [0.15, 0.2) is 0 Å². The lowest BCUT2D eigenvalue weighted by molar-refractivity contribution is 0.00506. The van der Waals surface area contributed by atoms with Gasteiger partial charge in [-0.2, -0.15) is 0 Å². The number of rotatable bonds is 5. The molecule has 3 fully saturated rings. The molecule has 6 nitrogen and oxygen atoms in total. The van der Waals surface area contributed by atoms with Crippen molar-refractivity contribution in [2.45, 2.75) is 12.5 Å². The van der Waals surface area contributed by atoms with Gasteiger partial charge >= 0.3 is 0 Å². The first kappa shape index (κ1) is 16.6. The van der Waals surface area contributed by atoms with Crippen LogP contribution in [0.3, 0.4) is 0 Å². The average molecular weight is 312 g/mol. The second kappa shape index (κ2) is 8.57. The Morgan fingerprint density at radius 1 is 1.00 bits per heavy atom. The molecule has 3 heterocycles. The highest BCUT2D eigenvalue weighted by molar-refractivity contribution is 4.90. The predicted molar refractivity (Wildman–Crippen MR) is 87.1 cm³/mol. The molecular formula is C16H32N4O2. The van der Waals surface area contributed by atoms with Crippen molar-refractivity contribution in [1.82, 2.24) is 20.0 Å². The fourth-order valence-electron chi connectivity index (χ4n) is 4.11. The summed E-state index contributed by atoms with van der Waals surface area (Å²) in [5.41, 5.74) is 0. The van der Waals surface area contributed by atoms with Gasteiger partial charge in [0.25, 0.3) is 0 Å². The van der Waals surface area contributed by atoms with Crippen molar-refractivity contribution in [1.29, 1.82) is 0 Å². The lowest BCUT2D eigenvalue weighted by Crippen LogP contribution is -2.59. The molecule has 2 N–H and O–H groups in total. The van der Waals surface area contributed by atoms with E-state index in [1.165, 1.54) is 13.0 Å². The van der Waals surface area contributed by atoms with Gasteiger partial charge in [-0.3, -0.25) is 14.7 Å². The number of morpholine rings is 1. The van der Waals surface area contributed by atoms with Crippen LogP contribution in [0, 0.1) is 5.92 Å². The molecule has 0 saturated carbocycles. The summed E-state index contributed by atoms with van der Waals surface area (Å²) in [5, 5.41) is 12.7. The Bertz CT molecular complexity index is 317. The smallest absolute Gasteiger partial charge is 0.0594 e. The Hall–Kier alpha value is -0.240. The molecule has 0 amide bonds. The van der Waals surface area contributed by atoms with Crippen LogP contribution in [-0.2, 0) is 4.74 Å². The van der Waals surface area contributed by atoms with E-state index in [0.717, 1.165) is 78.0 Å². The van der Waals surface area contributed by atoms with E-state index in [4.69, 9.17) is 9.84 Å². The molecule has 0 spiro atoms. The number of aliphatic hydroxyl groups is 1. The lowest BCUT2D eigenvalue weighted by atomic mass is 9.90. The fraction of sp³-hybridized carbons (Fsp3) is 1.00. The average Bonchev–Trinajstić information content (AvgIpc) is 2.58. The Kier molecular flexibility index (Phi) is 6.47. The minimum absolute atomic E-state index is 0.282. The standard InChI is InChI=1S/C16H32N4O2/c21-10-7-18-3-5-20(6-4-18)16-13-17-2-1-15(16)14-19-8-11-22-12-9-19/h15-17,21H,1-14H2. The summed E-state index contributed by atoms with van der Waals surface area (Å²) in [6, 6.07) is 0.674. The zero-order valence-electron chi connectivity index (χ0n) is 13.8. The SMILES string of the molecule is OCCN1CCN(C2CNCCC2CN2CCOCC2)CC1. The van der Waals surface area contributed by atoms with Gasteiger partial charge in [-0.25, -0.2) is 0 Å². The van der Waals surface area contributed by atoms with E-state index in [-0.39, 0.29) is 6.61 Å². The van der Waals surface area contributed by atoms with E-state index in [1.54, 1.807) is 0 Å². The van der Waals surface area contributed by atoms with E-state index in [0.29, 0.717) is 6.04 Å². The van der Waals surface area contributed by atoms with Crippen LogP contribution < -0.4 is 5.32 Å². The van der Waals surface area contributed by atoms with Gasteiger partial charge in [0, 0.05) is 64.9 Å². The highest BCUT2D eigenvalue weighted by Crippen LogP contribution is 2.21. The molecule has 6 heteroatoms. The number of hydrogen-bond donors (Lipinski definition) is 2. The maximum Gasteiger partial charge on any atom is 0.0594 e. The van der Waals surface area contributed by atoms with Crippen LogP contribution >= 0.6 is 0 Å². The number of β-amino-alcohol motifs (C(OH)–C–C–N with tert-alkyl or cyclic N) is 1. The Labute approximate surface area is 134 Å². The topological polar surface area (TPSA) is 51.2 Å². The molecule has 0 aromatic carbocycles. The molecular weight excluding hydrogens is 280 g/mol. The number of nitrogens with one attached hydrogen (secondary N) is 1. The molecule has 128 valence electrons. The van der Waals surface area contributed by atoms with Crippen molar-refractivity contribution in [3.05, 3.63) is 0 Å². The molecule has 3 aliphatic rings. The van der Waals surface area contributed by atoms with Gasteiger partial charge in [0.15, 0.2) is 0 Å². The molecule has 3 aliphatic heterocycles. The van der Waals surface area contributed by atoms with Gasteiger partial charge in [0.2, 0.25) is 0 Å². The van der Waals surface area contributed by atoms with E-state index in [9.17, 15) is 0 Å². The van der Waals surface area contributed by atoms with E-state index < -0.39 is 0 Å². The van der Waals surface area contributed by atoms with E-state index >= 15 is 0 Å². The molecule has 0 aromatic heterocycles. The second-order valence-electron chi connectivity index (χ2n) is 6.83. The van der Waals surface area contributed by atoms with Gasteiger partial charge in [0.1, 0.15) is 0 Å². The molecule has 0 bridgehead atoms. The third-order valence-electron chi connectivity index (χ3n) is 5.48. The summed E-state index contributed by atoms with van der Waals surface area (Å²) in [7, 11) is 0. The van der Waals surface area contributed by atoms with Crippen LogP contribution in [0.25, 0.3) is 0 Å². The fourth-order valence-corrected chi connectivity index (χ4v) is 4.11.